The molecule has 21 heavy (non-hydrogen) atoms. The quantitative estimate of drug-likeness (QED) is 0.544. The molecule has 1 aromatic carbocycles. The summed E-state index contributed by atoms with van der Waals surface area (Å²) in [5.41, 5.74) is -0.630. The highest BCUT2D eigenvalue weighted by Gasteiger charge is 2.24. The van der Waals surface area contributed by atoms with Crippen LogP contribution in [0.15, 0.2) is 24.3 Å². The molecule has 0 aliphatic heterocycles. The monoisotopic (exact) mass is 295 g/mol. The lowest BCUT2D eigenvalue weighted by Gasteiger charge is -2.24. The largest absolute Gasteiger partial charge is 0.481 e. The molecule has 114 valence electrons. The van der Waals surface area contributed by atoms with Gasteiger partial charge in [0, 0.05) is 17.2 Å². The molecule has 0 spiro atoms. The zero-order valence-corrected chi connectivity index (χ0v) is 11.8. The molecule has 1 aromatic rings. The fraction of sp³-hybridized carbons (Fsp3) is 0.385. The number of nitrogens with one attached hydrogen (secondary N) is 2. The number of carbonyl (C=O) groups is 2. The van der Waals surface area contributed by atoms with E-state index in [1.807, 2.05) is 0 Å². The predicted molar refractivity (Wildman–Crippen MR) is 74.8 cm³/mol. The molecule has 0 unspecified atom stereocenters. The summed E-state index contributed by atoms with van der Waals surface area (Å²) in [6.07, 6.45) is -0.230. The van der Waals surface area contributed by atoms with Crippen molar-refractivity contribution in [1.29, 1.82) is 0 Å². The number of carboxylic acid groups (broad SMARTS) is 1. The second-order valence-corrected chi connectivity index (χ2v) is 5.15. The highest BCUT2D eigenvalue weighted by atomic mass is 16.6. The Bertz CT molecular complexity index is 556. The maximum absolute atomic E-state index is 11.7. The molecule has 1 rings (SSSR count). The third-order valence-electron chi connectivity index (χ3n) is 2.67. The van der Waals surface area contributed by atoms with Gasteiger partial charge < -0.3 is 15.7 Å². The van der Waals surface area contributed by atoms with Crippen molar-refractivity contribution in [2.45, 2.75) is 32.4 Å². The van der Waals surface area contributed by atoms with Crippen molar-refractivity contribution in [3.8, 4) is 0 Å². The summed E-state index contributed by atoms with van der Waals surface area (Å²) >= 11 is 0. The number of aliphatic carboxylic acids is 1. The minimum absolute atomic E-state index is 0.0217. The highest BCUT2D eigenvalue weighted by molar-refractivity contribution is 5.76. The molecule has 0 bridgehead atoms. The Balaban J connectivity index is 2.62. The molecule has 8 nitrogen and oxygen atoms in total. The second-order valence-electron chi connectivity index (χ2n) is 5.15. The van der Waals surface area contributed by atoms with Crippen LogP contribution < -0.4 is 10.6 Å². The Morgan fingerprint density at radius 1 is 1.33 bits per heavy atom. The maximum atomic E-state index is 11.7. The third-order valence-corrected chi connectivity index (χ3v) is 2.67. The van der Waals surface area contributed by atoms with Crippen LogP contribution in [0, 0.1) is 10.1 Å². The molecule has 0 atom stereocenters. The van der Waals surface area contributed by atoms with E-state index < -0.39 is 22.5 Å². The van der Waals surface area contributed by atoms with Gasteiger partial charge in [-0.25, -0.2) is 4.79 Å². The van der Waals surface area contributed by atoms with Gasteiger partial charge in [-0.1, -0.05) is 18.2 Å². The molecular weight excluding hydrogens is 278 g/mol. The number of benzene rings is 1. The first kappa shape index (κ1) is 16.4. The third kappa shape index (κ3) is 5.47. The van der Waals surface area contributed by atoms with E-state index in [-0.39, 0.29) is 18.7 Å². The van der Waals surface area contributed by atoms with E-state index in [2.05, 4.69) is 10.6 Å². The number of nitro groups is 1. The second kappa shape index (κ2) is 6.69. The van der Waals surface area contributed by atoms with Crippen molar-refractivity contribution in [3.63, 3.8) is 0 Å². The zero-order chi connectivity index (χ0) is 16.0. The summed E-state index contributed by atoms with van der Waals surface area (Å²) in [7, 11) is 0. The number of carboxylic acids is 1. The van der Waals surface area contributed by atoms with Gasteiger partial charge in [-0.2, -0.15) is 0 Å². The van der Waals surface area contributed by atoms with Gasteiger partial charge in [0.2, 0.25) is 0 Å². The van der Waals surface area contributed by atoms with Crippen molar-refractivity contribution in [2.75, 3.05) is 0 Å². The number of nitrogens with zero attached hydrogens (tertiary/aromatic N) is 1. The SMILES string of the molecule is CC(C)(CC(=O)O)NC(=O)NCc1ccccc1[N+](=O)[O-]. The maximum Gasteiger partial charge on any atom is 0.315 e. The minimum atomic E-state index is -1.03. The van der Waals surface area contributed by atoms with Crippen LogP contribution in [0.25, 0.3) is 0 Å². The molecule has 2 amide bonds. The first-order valence-electron chi connectivity index (χ1n) is 6.21. The molecule has 0 saturated heterocycles. The van der Waals surface area contributed by atoms with Crippen LogP contribution in [0.3, 0.4) is 0 Å². The van der Waals surface area contributed by atoms with E-state index >= 15 is 0 Å². The summed E-state index contributed by atoms with van der Waals surface area (Å²) < 4.78 is 0. The van der Waals surface area contributed by atoms with Crippen LogP contribution in [-0.4, -0.2) is 27.6 Å². The average Bonchev–Trinajstić information content (AvgIpc) is 2.34. The fourth-order valence-corrected chi connectivity index (χ4v) is 1.79. The van der Waals surface area contributed by atoms with E-state index in [1.54, 1.807) is 26.0 Å². The zero-order valence-electron chi connectivity index (χ0n) is 11.8. The molecular formula is C13H17N3O5. The summed E-state index contributed by atoms with van der Waals surface area (Å²) in [5.74, 6) is -1.03. The number of hydrogen-bond donors (Lipinski definition) is 3. The van der Waals surface area contributed by atoms with Crippen LogP contribution >= 0.6 is 0 Å². The molecule has 0 radical (unpaired) electrons. The van der Waals surface area contributed by atoms with Crippen molar-refractivity contribution < 1.29 is 19.6 Å². The Morgan fingerprint density at radius 2 is 1.95 bits per heavy atom. The van der Waals surface area contributed by atoms with Gasteiger partial charge in [-0.3, -0.25) is 14.9 Å². The van der Waals surface area contributed by atoms with Gasteiger partial charge in [-0.05, 0) is 13.8 Å². The van der Waals surface area contributed by atoms with Gasteiger partial charge in [0.15, 0.2) is 0 Å². The Kier molecular flexibility index (Phi) is 5.23. The van der Waals surface area contributed by atoms with E-state index in [1.165, 1.54) is 12.1 Å². The first-order valence-corrected chi connectivity index (χ1v) is 6.21. The van der Waals surface area contributed by atoms with Gasteiger partial charge in [0.05, 0.1) is 17.9 Å². The Labute approximate surface area is 121 Å². The number of amides is 2. The first-order chi connectivity index (χ1) is 9.71. The number of carbonyl (C=O) groups excluding carboxylic acids is 1. The van der Waals surface area contributed by atoms with Gasteiger partial charge in [-0.15, -0.1) is 0 Å². The van der Waals surface area contributed by atoms with Crippen LogP contribution in [0.4, 0.5) is 10.5 Å². The highest BCUT2D eigenvalue weighted by Crippen LogP contribution is 2.17. The molecule has 0 fully saturated rings. The van der Waals surface area contributed by atoms with E-state index in [0.29, 0.717) is 5.56 Å². The Morgan fingerprint density at radius 3 is 2.52 bits per heavy atom. The summed E-state index contributed by atoms with van der Waals surface area (Å²) in [6.45, 7) is 3.13. The lowest BCUT2D eigenvalue weighted by atomic mass is 10.0. The predicted octanol–water partition coefficient (Wildman–Crippen LogP) is 1.65. The van der Waals surface area contributed by atoms with Crippen molar-refractivity contribution >= 4 is 17.7 Å². The molecule has 0 aliphatic carbocycles. The molecule has 0 saturated carbocycles. The average molecular weight is 295 g/mol. The van der Waals surface area contributed by atoms with E-state index in [4.69, 9.17) is 5.11 Å². The summed E-state index contributed by atoms with van der Waals surface area (Å²) in [5, 5.41) is 24.5. The van der Waals surface area contributed by atoms with E-state index in [9.17, 15) is 19.7 Å². The summed E-state index contributed by atoms with van der Waals surface area (Å²) in [6, 6.07) is 5.48. The lowest BCUT2D eigenvalue weighted by molar-refractivity contribution is -0.385. The van der Waals surface area contributed by atoms with Crippen LogP contribution in [0.5, 0.6) is 0 Å². The number of urea groups is 1. The fourth-order valence-electron chi connectivity index (χ4n) is 1.79. The summed E-state index contributed by atoms with van der Waals surface area (Å²) in [4.78, 5) is 32.7. The van der Waals surface area contributed by atoms with Crippen LogP contribution in [-0.2, 0) is 11.3 Å². The number of rotatable bonds is 6. The Hall–Kier alpha value is -2.64. The van der Waals surface area contributed by atoms with Crippen molar-refractivity contribution in [1.82, 2.24) is 10.6 Å². The standard InChI is InChI=1S/C13H17N3O5/c1-13(2,7-11(17)18)15-12(19)14-8-9-5-3-4-6-10(9)16(20)21/h3-6H,7-8H2,1-2H3,(H,17,18)(H2,14,15,19). The van der Waals surface area contributed by atoms with Crippen molar-refractivity contribution in [3.05, 3.63) is 39.9 Å². The molecule has 0 heterocycles. The molecule has 3 N–H and O–H groups in total. The molecule has 0 aliphatic rings. The van der Waals surface area contributed by atoms with Gasteiger partial charge >= 0.3 is 12.0 Å². The number of para-hydroxylation sites is 1. The normalized spacial score (nSPS) is 10.8. The van der Waals surface area contributed by atoms with Gasteiger partial charge in [0.1, 0.15) is 0 Å². The van der Waals surface area contributed by atoms with Crippen molar-refractivity contribution in [2.24, 2.45) is 0 Å². The van der Waals surface area contributed by atoms with E-state index in [0.717, 1.165) is 0 Å². The number of hydrogen-bond acceptors (Lipinski definition) is 4. The van der Waals surface area contributed by atoms with Crippen LogP contribution in [0.2, 0.25) is 0 Å². The lowest BCUT2D eigenvalue weighted by Crippen LogP contribution is -2.49. The number of nitro benzene ring substituents is 1. The topological polar surface area (TPSA) is 122 Å². The molecule has 0 aromatic heterocycles. The minimum Gasteiger partial charge on any atom is -0.481 e. The smallest absolute Gasteiger partial charge is 0.315 e. The molecule has 8 heteroatoms. The van der Waals surface area contributed by atoms with Crippen LogP contribution in [0.1, 0.15) is 25.8 Å². The van der Waals surface area contributed by atoms with Gasteiger partial charge in [0.25, 0.3) is 5.69 Å².